The summed E-state index contributed by atoms with van der Waals surface area (Å²) in [5.41, 5.74) is 1.25. The van der Waals surface area contributed by atoms with Crippen molar-refractivity contribution in [1.29, 1.82) is 0 Å². The Balaban J connectivity index is 2.44. The fourth-order valence-corrected chi connectivity index (χ4v) is 3.07. The molecule has 0 saturated carbocycles. The molecular weight excluding hydrogens is 346 g/mol. The highest BCUT2D eigenvalue weighted by Crippen LogP contribution is 2.26. The van der Waals surface area contributed by atoms with Gasteiger partial charge in [0.15, 0.2) is 0 Å². The van der Waals surface area contributed by atoms with Crippen molar-refractivity contribution in [3.63, 3.8) is 0 Å². The quantitative estimate of drug-likeness (QED) is 0.747. The summed E-state index contributed by atoms with van der Waals surface area (Å²) >= 11 is 7.02. The van der Waals surface area contributed by atoms with Crippen LogP contribution in [0.25, 0.3) is 0 Å². The van der Waals surface area contributed by atoms with E-state index in [4.69, 9.17) is 5.11 Å². The molecule has 2 atom stereocenters. The molecule has 0 aliphatic carbocycles. The molecule has 0 aliphatic heterocycles. The van der Waals surface area contributed by atoms with Gasteiger partial charge in [0, 0.05) is 15.0 Å². The van der Waals surface area contributed by atoms with E-state index in [-0.39, 0.29) is 6.10 Å². The molecule has 96 valence electrons. The number of benzene rings is 1. The van der Waals surface area contributed by atoms with Crippen LogP contribution in [0.5, 0.6) is 0 Å². The summed E-state index contributed by atoms with van der Waals surface area (Å²) in [5, 5.41) is 12.6. The maximum atomic E-state index is 9.17. The highest BCUT2D eigenvalue weighted by molar-refractivity contribution is 9.11. The Bertz CT molecular complexity index is 355. The van der Waals surface area contributed by atoms with Gasteiger partial charge in [0.05, 0.1) is 6.10 Å². The molecule has 0 radical (unpaired) electrons. The molecule has 2 unspecified atom stereocenters. The van der Waals surface area contributed by atoms with Gasteiger partial charge in [0.2, 0.25) is 0 Å². The molecule has 17 heavy (non-hydrogen) atoms. The number of halogens is 2. The number of rotatable bonds is 6. The standard InChI is InChI=1S/C13H19Br2NO/c1-9(17)4-3-7-16-10(2)12-6-5-11(14)8-13(12)15/h5-6,8-10,16-17H,3-4,7H2,1-2H3. The third-order valence-corrected chi connectivity index (χ3v) is 3.86. The minimum atomic E-state index is -0.202. The van der Waals surface area contributed by atoms with E-state index in [2.05, 4.69) is 56.2 Å². The number of aliphatic hydroxyl groups is 1. The van der Waals surface area contributed by atoms with Crippen molar-refractivity contribution in [3.05, 3.63) is 32.7 Å². The SMILES string of the molecule is CC(O)CCCNC(C)c1ccc(Br)cc1Br. The molecule has 0 amide bonds. The van der Waals surface area contributed by atoms with Gasteiger partial charge in [0.1, 0.15) is 0 Å². The van der Waals surface area contributed by atoms with E-state index in [1.807, 2.05) is 13.0 Å². The van der Waals surface area contributed by atoms with Gasteiger partial charge in [-0.1, -0.05) is 37.9 Å². The summed E-state index contributed by atoms with van der Waals surface area (Å²) in [6.45, 7) is 4.90. The van der Waals surface area contributed by atoms with Gasteiger partial charge in [-0.25, -0.2) is 0 Å². The van der Waals surface area contributed by atoms with Crippen LogP contribution in [0, 0.1) is 0 Å². The lowest BCUT2D eigenvalue weighted by Crippen LogP contribution is -2.21. The van der Waals surface area contributed by atoms with Crippen LogP contribution in [0.4, 0.5) is 0 Å². The molecule has 0 spiro atoms. The topological polar surface area (TPSA) is 32.3 Å². The Kier molecular flexibility index (Phi) is 6.70. The third kappa shape index (κ3) is 5.51. The molecule has 2 N–H and O–H groups in total. The number of nitrogens with one attached hydrogen (secondary N) is 1. The van der Waals surface area contributed by atoms with Crippen LogP contribution >= 0.6 is 31.9 Å². The van der Waals surface area contributed by atoms with Crippen LogP contribution < -0.4 is 5.32 Å². The van der Waals surface area contributed by atoms with Gasteiger partial charge in [-0.2, -0.15) is 0 Å². The molecule has 1 aromatic rings. The zero-order valence-corrected chi connectivity index (χ0v) is 13.4. The van der Waals surface area contributed by atoms with E-state index in [1.54, 1.807) is 0 Å². The Morgan fingerprint density at radius 3 is 2.59 bits per heavy atom. The van der Waals surface area contributed by atoms with Gasteiger partial charge < -0.3 is 10.4 Å². The largest absolute Gasteiger partial charge is 0.393 e. The van der Waals surface area contributed by atoms with Gasteiger partial charge in [-0.3, -0.25) is 0 Å². The first-order chi connectivity index (χ1) is 8.00. The normalized spacial score (nSPS) is 14.6. The number of hydrogen-bond acceptors (Lipinski definition) is 2. The Morgan fingerprint density at radius 2 is 2.00 bits per heavy atom. The summed E-state index contributed by atoms with van der Waals surface area (Å²) < 4.78 is 2.19. The second-order valence-electron chi connectivity index (χ2n) is 4.33. The van der Waals surface area contributed by atoms with Crippen LogP contribution in [0.2, 0.25) is 0 Å². The van der Waals surface area contributed by atoms with E-state index >= 15 is 0 Å². The van der Waals surface area contributed by atoms with Crippen molar-refractivity contribution >= 4 is 31.9 Å². The van der Waals surface area contributed by atoms with Crippen LogP contribution in [0.1, 0.15) is 38.3 Å². The first kappa shape index (κ1) is 15.2. The lowest BCUT2D eigenvalue weighted by molar-refractivity contribution is 0.181. The van der Waals surface area contributed by atoms with Crippen molar-refractivity contribution in [2.45, 2.75) is 38.8 Å². The molecule has 0 heterocycles. The molecule has 0 aliphatic rings. The summed E-state index contributed by atoms with van der Waals surface area (Å²) in [4.78, 5) is 0. The summed E-state index contributed by atoms with van der Waals surface area (Å²) in [6.07, 6.45) is 1.64. The Morgan fingerprint density at radius 1 is 1.29 bits per heavy atom. The fraction of sp³-hybridized carbons (Fsp3) is 0.538. The monoisotopic (exact) mass is 363 g/mol. The summed E-state index contributed by atoms with van der Waals surface area (Å²) in [7, 11) is 0. The lowest BCUT2D eigenvalue weighted by Gasteiger charge is -2.16. The maximum Gasteiger partial charge on any atom is 0.0512 e. The molecular formula is C13H19Br2NO. The molecule has 2 nitrogen and oxygen atoms in total. The van der Waals surface area contributed by atoms with E-state index < -0.39 is 0 Å². The second kappa shape index (κ2) is 7.52. The molecule has 1 rings (SSSR count). The lowest BCUT2D eigenvalue weighted by atomic mass is 10.1. The van der Waals surface area contributed by atoms with E-state index in [1.165, 1.54) is 5.56 Å². The van der Waals surface area contributed by atoms with E-state index in [0.717, 1.165) is 28.3 Å². The van der Waals surface area contributed by atoms with Crippen molar-refractivity contribution in [2.75, 3.05) is 6.54 Å². The van der Waals surface area contributed by atoms with Gasteiger partial charge in [0.25, 0.3) is 0 Å². The minimum Gasteiger partial charge on any atom is -0.393 e. The van der Waals surface area contributed by atoms with Crippen molar-refractivity contribution in [3.8, 4) is 0 Å². The number of hydrogen-bond donors (Lipinski definition) is 2. The molecule has 0 saturated heterocycles. The number of aliphatic hydroxyl groups excluding tert-OH is 1. The van der Waals surface area contributed by atoms with Crippen LogP contribution in [0.3, 0.4) is 0 Å². The zero-order chi connectivity index (χ0) is 12.8. The van der Waals surface area contributed by atoms with Crippen molar-refractivity contribution in [2.24, 2.45) is 0 Å². The Hall–Kier alpha value is 0.1000. The van der Waals surface area contributed by atoms with Gasteiger partial charge >= 0.3 is 0 Å². The molecule has 0 bridgehead atoms. The van der Waals surface area contributed by atoms with E-state index in [0.29, 0.717) is 6.04 Å². The molecule has 0 aromatic heterocycles. The zero-order valence-electron chi connectivity index (χ0n) is 10.2. The van der Waals surface area contributed by atoms with E-state index in [9.17, 15) is 0 Å². The van der Waals surface area contributed by atoms with Gasteiger partial charge in [-0.05, 0) is 50.9 Å². The molecule has 0 fully saturated rings. The highest BCUT2D eigenvalue weighted by atomic mass is 79.9. The highest BCUT2D eigenvalue weighted by Gasteiger charge is 2.08. The predicted octanol–water partition coefficient (Wildman–Crippen LogP) is 4.02. The summed E-state index contributed by atoms with van der Waals surface area (Å²) in [6, 6.07) is 6.53. The average molecular weight is 365 g/mol. The van der Waals surface area contributed by atoms with Crippen molar-refractivity contribution in [1.82, 2.24) is 5.32 Å². The molecule has 1 aromatic carbocycles. The van der Waals surface area contributed by atoms with Crippen LogP contribution in [-0.4, -0.2) is 17.8 Å². The first-order valence-corrected chi connectivity index (χ1v) is 7.45. The van der Waals surface area contributed by atoms with Crippen molar-refractivity contribution < 1.29 is 5.11 Å². The summed E-state index contributed by atoms with van der Waals surface area (Å²) in [5.74, 6) is 0. The van der Waals surface area contributed by atoms with Gasteiger partial charge in [-0.15, -0.1) is 0 Å². The first-order valence-electron chi connectivity index (χ1n) is 5.87. The predicted molar refractivity (Wildman–Crippen MR) is 79.2 cm³/mol. The smallest absolute Gasteiger partial charge is 0.0512 e. The minimum absolute atomic E-state index is 0.202. The molecule has 4 heteroatoms. The fourth-order valence-electron chi connectivity index (χ4n) is 1.68. The van der Waals surface area contributed by atoms with Crippen LogP contribution in [0.15, 0.2) is 27.1 Å². The second-order valence-corrected chi connectivity index (χ2v) is 6.10. The third-order valence-electron chi connectivity index (χ3n) is 2.68. The Labute approximate surface area is 120 Å². The maximum absolute atomic E-state index is 9.17. The van der Waals surface area contributed by atoms with Crippen LogP contribution in [-0.2, 0) is 0 Å². The average Bonchev–Trinajstić information content (AvgIpc) is 2.23.